The van der Waals surface area contributed by atoms with Gasteiger partial charge in [0.15, 0.2) is 17.2 Å². The number of rotatable bonds is 5. The summed E-state index contributed by atoms with van der Waals surface area (Å²) in [4.78, 5) is 34.5. The molecule has 3 heterocycles. The molecule has 1 aliphatic rings. The second-order valence-corrected chi connectivity index (χ2v) is 9.12. The minimum atomic E-state index is -0.787. The number of fused-ring (bicyclic) bond motifs is 1. The van der Waals surface area contributed by atoms with E-state index >= 15 is 0 Å². The molecule has 1 saturated heterocycles. The van der Waals surface area contributed by atoms with Gasteiger partial charge in [-0.15, -0.1) is 12.4 Å². The molecule has 2 aromatic heterocycles. The van der Waals surface area contributed by atoms with Gasteiger partial charge in [0.1, 0.15) is 11.6 Å². The number of nitrogens with zero attached hydrogens (tertiary/aromatic N) is 3. The van der Waals surface area contributed by atoms with Crippen LogP contribution in [0.25, 0.3) is 16.9 Å². The Kier molecular flexibility index (Phi) is 7.33. The second kappa shape index (κ2) is 10.3. The van der Waals surface area contributed by atoms with Crippen molar-refractivity contribution in [2.24, 2.45) is 0 Å². The van der Waals surface area contributed by atoms with Crippen LogP contribution in [0.1, 0.15) is 19.4 Å². The van der Waals surface area contributed by atoms with Gasteiger partial charge in [0.25, 0.3) is 5.56 Å². The third-order valence-corrected chi connectivity index (χ3v) is 6.45. The smallest absolute Gasteiger partial charge is 0.276 e. The predicted molar refractivity (Wildman–Crippen MR) is 139 cm³/mol. The maximum Gasteiger partial charge on any atom is 0.276 e. The molecular weight excluding hydrogens is 504 g/mol. The molecule has 2 aromatic carbocycles. The molecule has 4 aromatic rings. The number of carbonyl (C=O) groups is 1. The standard InChI is InChI=1S/C26H25F2N5O3.ClH/c1-26(2,25(35)32-12-14-36-15-13-32)16-6-8-17(9-7-16)30-22-21-24(34)29-10-11-33(21)23(31-22)20-18(27)4-3-5-19(20)28;/h3-11,30H,12-15H2,1-2H3,(H,29,34);1H. The quantitative estimate of drug-likeness (QED) is 0.403. The van der Waals surface area contributed by atoms with E-state index in [4.69, 9.17) is 4.74 Å². The van der Waals surface area contributed by atoms with Crippen LogP contribution in [0.2, 0.25) is 0 Å². The summed E-state index contributed by atoms with van der Waals surface area (Å²) in [7, 11) is 0. The number of H-pyrrole nitrogens is 1. The van der Waals surface area contributed by atoms with Crippen molar-refractivity contribution >= 4 is 35.3 Å². The van der Waals surface area contributed by atoms with Crippen molar-refractivity contribution in [3.8, 4) is 11.4 Å². The van der Waals surface area contributed by atoms with Gasteiger partial charge in [-0.3, -0.25) is 14.0 Å². The molecule has 0 atom stereocenters. The molecule has 37 heavy (non-hydrogen) atoms. The molecule has 0 radical (unpaired) electrons. The minimum Gasteiger partial charge on any atom is -0.378 e. The molecule has 1 amide bonds. The van der Waals surface area contributed by atoms with E-state index < -0.39 is 22.6 Å². The number of nitrogens with one attached hydrogen (secondary N) is 2. The first kappa shape index (κ1) is 26.3. The first-order valence-electron chi connectivity index (χ1n) is 11.6. The average Bonchev–Trinajstić information content (AvgIpc) is 3.23. The maximum atomic E-state index is 14.5. The third-order valence-electron chi connectivity index (χ3n) is 6.45. The number of hydrogen-bond acceptors (Lipinski definition) is 5. The second-order valence-electron chi connectivity index (χ2n) is 9.12. The first-order valence-corrected chi connectivity index (χ1v) is 11.6. The zero-order chi connectivity index (χ0) is 25.4. The van der Waals surface area contributed by atoms with Crippen molar-refractivity contribution in [3.63, 3.8) is 0 Å². The van der Waals surface area contributed by atoms with Crippen LogP contribution < -0.4 is 10.9 Å². The zero-order valence-corrected chi connectivity index (χ0v) is 21.1. The fraction of sp³-hybridized carbons (Fsp3) is 0.269. The Bertz CT molecular complexity index is 1470. The van der Waals surface area contributed by atoms with Crippen molar-refractivity contribution in [2.45, 2.75) is 19.3 Å². The van der Waals surface area contributed by atoms with Crippen molar-refractivity contribution in [1.82, 2.24) is 19.3 Å². The number of anilines is 2. The topological polar surface area (TPSA) is 91.7 Å². The van der Waals surface area contributed by atoms with E-state index in [1.165, 1.54) is 22.9 Å². The fourth-order valence-electron chi connectivity index (χ4n) is 4.42. The highest BCUT2D eigenvalue weighted by Crippen LogP contribution is 2.31. The largest absolute Gasteiger partial charge is 0.378 e. The van der Waals surface area contributed by atoms with E-state index in [0.717, 1.165) is 17.7 Å². The summed E-state index contributed by atoms with van der Waals surface area (Å²) in [5, 5.41) is 3.08. The van der Waals surface area contributed by atoms with Gasteiger partial charge in [0, 0.05) is 31.2 Å². The molecule has 194 valence electrons. The molecule has 0 bridgehead atoms. The van der Waals surface area contributed by atoms with E-state index in [1.807, 2.05) is 30.9 Å². The van der Waals surface area contributed by atoms with Gasteiger partial charge in [0.05, 0.1) is 24.2 Å². The monoisotopic (exact) mass is 529 g/mol. The fourth-order valence-corrected chi connectivity index (χ4v) is 4.42. The number of imidazole rings is 1. The summed E-state index contributed by atoms with van der Waals surface area (Å²) in [6, 6.07) is 10.8. The molecule has 0 spiro atoms. The highest BCUT2D eigenvalue weighted by atomic mass is 35.5. The molecule has 8 nitrogen and oxygen atoms in total. The van der Waals surface area contributed by atoms with Gasteiger partial charge in [-0.1, -0.05) is 18.2 Å². The number of carbonyl (C=O) groups excluding carboxylic acids is 1. The number of ether oxygens (including phenoxy) is 1. The van der Waals surface area contributed by atoms with Crippen molar-refractivity contribution < 1.29 is 18.3 Å². The number of hydrogen-bond donors (Lipinski definition) is 2. The normalized spacial score (nSPS) is 13.9. The Balaban J connectivity index is 0.00000320. The molecular formula is C26H26ClF2N5O3. The number of aromatic amines is 1. The SMILES string of the molecule is CC(C)(C(=O)N1CCOCC1)c1ccc(Nc2nc(-c3c(F)cccc3F)n3cc[nH]c(=O)c23)cc1.Cl. The van der Waals surface area contributed by atoms with Crippen LogP contribution in [0, 0.1) is 11.6 Å². The lowest BCUT2D eigenvalue weighted by Gasteiger charge is -2.34. The maximum absolute atomic E-state index is 14.5. The van der Waals surface area contributed by atoms with E-state index in [9.17, 15) is 18.4 Å². The molecule has 0 aliphatic carbocycles. The van der Waals surface area contributed by atoms with E-state index in [-0.39, 0.29) is 41.0 Å². The van der Waals surface area contributed by atoms with Crippen molar-refractivity contribution in [3.05, 3.63) is 82.4 Å². The van der Waals surface area contributed by atoms with E-state index in [0.29, 0.717) is 32.0 Å². The predicted octanol–water partition coefficient (Wildman–Crippen LogP) is 4.27. The molecule has 2 N–H and O–H groups in total. The summed E-state index contributed by atoms with van der Waals surface area (Å²) < 4.78 is 35.7. The summed E-state index contributed by atoms with van der Waals surface area (Å²) in [5.41, 5.74) is -0.0106. The third kappa shape index (κ3) is 4.82. The van der Waals surface area contributed by atoms with Gasteiger partial charge in [-0.2, -0.15) is 0 Å². The number of halogens is 3. The molecule has 0 unspecified atom stereocenters. The zero-order valence-electron chi connectivity index (χ0n) is 20.3. The lowest BCUT2D eigenvalue weighted by Crippen LogP contribution is -2.48. The Labute approximate surface area is 217 Å². The number of benzene rings is 2. The van der Waals surface area contributed by atoms with Gasteiger partial charge >= 0.3 is 0 Å². The van der Waals surface area contributed by atoms with Crippen LogP contribution in [0.3, 0.4) is 0 Å². The Morgan fingerprint density at radius 2 is 1.73 bits per heavy atom. The highest BCUT2D eigenvalue weighted by molar-refractivity contribution is 5.88. The van der Waals surface area contributed by atoms with Crippen LogP contribution in [0.4, 0.5) is 20.3 Å². The van der Waals surface area contributed by atoms with E-state index in [2.05, 4.69) is 15.3 Å². The van der Waals surface area contributed by atoms with Crippen LogP contribution >= 0.6 is 12.4 Å². The van der Waals surface area contributed by atoms with Crippen LogP contribution in [-0.4, -0.2) is 51.5 Å². The lowest BCUT2D eigenvalue weighted by molar-refractivity contribution is -0.140. The van der Waals surface area contributed by atoms with Crippen molar-refractivity contribution in [2.75, 3.05) is 31.6 Å². The van der Waals surface area contributed by atoms with E-state index in [1.54, 1.807) is 12.1 Å². The molecule has 11 heteroatoms. The summed E-state index contributed by atoms with van der Waals surface area (Å²) in [5.74, 6) is -1.45. The van der Waals surface area contributed by atoms with Gasteiger partial charge in [0.2, 0.25) is 5.91 Å². The highest BCUT2D eigenvalue weighted by Gasteiger charge is 2.34. The summed E-state index contributed by atoms with van der Waals surface area (Å²) >= 11 is 0. The van der Waals surface area contributed by atoms with Crippen LogP contribution in [0.5, 0.6) is 0 Å². The Morgan fingerprint density at radius 3 is 2.38 bits per heavy atom. The Hall–Kier alpha value is -3.76. The number of morpholine rings is 1. The number of aromatic nitrogens is 3. The summed E-state index contributed by atoms with van der Waals surface area (Å²) in [6.45, 7) is 5.95. The molecule has 5 rings (SSSR count). The van der Waals surface area contributed by atoms with Crippen LogP contribution in [-0.2, 0) is 14.9 Å². The lowest BCUT2D eigenvalue weighted by atomic mass is 9.83. The Morgan fingerprint density at radius 1 is 1.08 bits per heavy atom. The minimum absolute atomic E-state index is 0. The van der Waals surface area contributed by atoms with Crippen molar-refractivity contribution in [1.29, 1.82) is 0 Å². The van der Waals surface area contributed by atoms with Crippen LogP contribution in [0.15, 0.2) is 59.7 Å². The molecule has 1 fully saturated rings. The average molecular weight is 530 g/mol. The van der Waals surface area contributed by atoms with Gasteiger partial charge in [-0.25, -0.2) is 13.8 Å². The van der Waals surface area contributed by atoms with Gasteiger partial charge < -0.3 is 19.9 Å². The number of amides is 1. The molecule has 1 aliphatic heterocycles. The first-order chi connectivity index (χ1) is 17.3. The van der Waals surface area contributed by atoms with Gasteiger partial charge in [-0.05, 0) is 43.7 Å². The summed E-state index contributed by atoms with van der Waals surface area (Å²) in [6.07, 6.45) is 2.87. The molecule has 0 saturated carbocycles.